The topological polar surface area (TPSA) is 413 Å². The van der Waals surface area contributed by atoms with E-state index in [1.807, 2.05) is 81.4 Å². The number of methoxy groups -OCH3 is 3. The number of nitrogens with zero attached hydrogens (tertiary/aromatic N) is 6. The van der Waals surface area contributed by atoms with Crippen LogP contribution in [0.5, 0.6) is 0 Å². The molecule has 0 atom stereocenters. The summed E-state index contributed by atoms with van der Waals surface area (Å²) in [6, 6.07) is 38.0. The van der Waals surface area contributed by atoms with Crippen molar-refractivity contribution in [1.82, 2.24) is 59.9 Å². The van der Waals surface area contributed by atoms with Crippen molar-refractivity contribution < 1.29 is 86.0 Å². The molecule has 0 saturated heterocycles. The molecule has 0 amide bonds. The Morgan fingerprint density at radius 3 is 1.18 bits per heavy atom. The van der Waals surface area contributed by atoms with E-state index in [1.165, 1.54) is 71.2 Å². The van der Waals surface area contributed by atoms with Crippen molar-refractivity contribution in [3.05, 3.63) is 167 Å². The van der Waals surface area contributed by atoms with Crippen LogP contribution in [0.3, 0.4) is 0 Å². The first-order valence-corrected chi connectivity index (χ1v) is 54.7. The first-order valence-electron chi connectivity index (χ1n) is 41.6. The fourth-order valence-corrected chi connectivity index (χ4v) is 20.4. The summed E-state index contributed by atoms with van der Waals surface area (Å²) < 4.78 is 51.8. The van der Waals surface area contributed by atoms with Gasteiger partial charge < -0.3 is 67.2 Å². The Morgan fingerprint density at radius 2 is 0.780 bits per heavy atom. The van der Waals surface area contributed by atoms with Crippen LogP contribution in [0, 0.1) is 3.70 Å². The zero-order chi connectivity index (χ0) is 95.2. The molecule has 0 radical (unpaired) electrons. The van der Waals surface area contributed by atoms with Crippen LogP contribution in [0.25, 0.3) is 119 Å². The molecule has 0 spiro atoms. The summed E-state index contributed by atoms with van der Waals surface area (Å²) in [4.78, 5) is 80.8. The Bertz CT molecular complexity index is 6900. The molecular weight excluding hydrogens is 1920 g/mol. The van der Waals surface area contributed by atoms with Crippen molar-refractivity contribution in [2.24, 2.45) is 0 Å². The van der Waals surface area contributed by atoms with Crippen molar-refractivity contribution >= 4 is 226 Å². The maximum Gasteiger partial charge on any atom is 0.506 e. The maximum absolute atomic E-state index is 13.4. The standard InChI is InChI=1S/C27H35N3O5SSi.C22H27N3O3SSi.C20H32BNO5Si.C15H11N3O3S.C7H5IN2O2S.2CH4/c1-26(2,3)35-25(32)30-19-11-10-16(15-34-37(8,9)27(4,5)6)12-17(19)13-20(30)22-23-18(28-29-22)14-21(36-23)24(31)33-7;1-22(2,3)30(5,6)28-12-13-7-8-15-14(9-13)10-16(23-15)19-20-17(24-25-19)11-18(29-20)21(26)27-4;1-19(2,3)27-18(23)22-16-10-9-14(11-15(16)12-17(22)21(24)25)13-26-28(7,8)20(4,5)6;19-6-7-1-2-9-8(3-7)4-10(16-9)13-14-11(17-18-13)5-12(22-14)15(20)21;1-12-7(11)4-2-3-5(13-4)6(8)10-9-3;;/h10-14H,15H2,1-9H3,(H,28,29);7-11,23H,12H2,1-6H3,(H,24,25);9-12,24-25H,13H2,1-8H3;1-5,16,19H,6H2,(H,17,18)(H,20,21);2H,1H3,(H,9,10);2*1H4. The van der Waals surface area contributed by atoms with Crippen LogP contribution in [0.4, 0.5) is 9.59 Å². The van der Waals surface area contributed by atoms with Gasteiger partial charge in [-0.25, -0.2) is 33.3 Å². The second-order valence-corrected chi connectivity index (χ2v) is 57.5. The minimum Gasteiger partial charge on any atom is -0.477 e. The number of ether oxygens (including phenoxy) is 5. The molecule has 0 saturated carbocycles. The number of hydrogen-bond donors (Lipinski definition) is 10. The summed E-state index contributed by atoms with van der Waals surface area (Å²) in [5, 5.41) is 70.8. The number of fused-ring (bicyclic) bond motifs is 8. The molecule has 0 aliphatic carbocycles. The molecule has 39 heteroatoms. The lowest BCUT2D eigenvalue weighted by Gasteiger charge is -2.36. The highest BCUT2D eigenvalue weighted by Gasteiger charge is 2.40. The number of aromatic nitrogens is 12. The smallest absolute Gasteiger partial charge is 0.477 e. The minimum atomic E-state index is -1.92. The summed E-state index contributed by atoms with van der Waals surface area (Å²) in [5.74, 6) is -2.00. The number of carbonyl (C=O) groups is 6. The zero-order valence-electron chi connectivity index (χ0n) is 77.2. The molecule has 0 fully saturated rings. The number of nitrogens with one attached hydrogen (secondary N) is 6. The highest BCUT2D eigenvalue weighted by molar-refractivity contribution is 14.1. The van der Waals surface area contributed by atoms with Gasteiger partial charge in [0.2, 0.25) is 0 Å². The molecule has 0 aliphatic heterocycles. The Labute approximate surface area is 798 Å². The van der Waals surface area contributed by atoms with E-state index in [9.17, 15) is 43.9 Å². The second kappa shape index (κ2) is 40.5. The third kappa shape index (κ3) is 23.4. The Hall–Kier alpha value is -10.3. The third-order valence-corrected chi connectivity index (χ3v) is 42.0. The van der Waals surface area contributed by atoms with Gasteiger partial charge >= 0.3 is 43.2 Å². The first-order chi connectivity index (χ1) is 60.7. The average Bonchev–Trinajstić information content (AvgIpc) is 1.60. The molecule has 12 aromatic heterocycles. The highest BCUT2D eigenvalue weighted by atomic mass is 127. The van der Waals surface area contributed by atoms with Crippen molar-refractivity contribution in [3.8, 4) is 34.2 Å². The Kier molecular flexibility index (Phi) is 31.9. The molecule has 16 rings (SSSR count). The summed E-state index contributed by atoms with van der Waals surface area (Å²) in [6.45, 7) is 45.8. The van der Waals surface area contributed by atoms with Crippen LogP contribution in [0.1, 0.15) is 180 Å². The van der Waals surface area contributed by atoms with Gasteiger partial charge in [0.05, 0.1) is 117 Å². The predicted octanol–water partition coefficient (Wildman–Crippen LogP) is 23.3. The van der Waals surface area contributed by atoms with E-state index >= 15 is 0 Å². The molecule has 0 unspecified atom stereocenters. The first kappa shape index (κ1) is 104. The monoisotopic (exact) mass is 2040 g/mol. The van der Waals surface area contributed by atoms with Gasteiger partial charge in [-0.15, -0.1) is 45.3 Å². The van der Waals surface area contributed by atoms with Gasteiger partial charge in [-0.2, -0.15) is 20.4 Å². The molecule has 4 aromatic carbocycles. The molecule has 10 N–H and O–H groups in total. The quantitative estimate of drug-likeness (QED) is 0.0165. The molecule has 0 aliphatic rings. The summed E-state index contributed by atoms with van der Waals surface area (Å²) in [7, 11) is -3.27. The van der Waals surface area contributed by atoms with E-state index in [0.29, 0.717) is 73.6 Å². The van der Waals surface area contributed by atoms with Gasteiger partial charge in [-0.1, -0.05) is 101 Å². The number of carboxylic acid groups (broad SMARTS) is 1. The van der Waals surface area contributed by atoms with E-state index in [2.05, 4.69) is 204 Å². The lowest BCUT2D eigenvalue weighted by atomic mass is 9.86. The van der Waals surface area contributed by atoms with Crippen LogP contribution in [-0.4, -0.2) is 181 Å². The fraction of sp³-hybridized carbons (Fsp3) is 0.376. The van der Waals surface area contributed by atoms with Crippen LogP contribution >= 0.6 is 67.9 Å². The number of hydrogen-bond acceptors (Lipinski definition) is 25. The van der Waals surface area contributed by atoms with Crippen LogP contribution in [-0.2, 0) is 63.4 Å². The van der Waals surface area contributed by atoms with Gasteiger partial charge in [0, 0.05) is 32.6 Å². The van der Waals surface area contributed by atoms with Crippen LogP contribution in [0.2, 0.25) is 54.4 Å². The average molecular weight is 2040 g/mol. The SMILES string of the molecule is C.C.CC(C)(C)OC(=O)n1c(B(O)O)cc2cc(CO[Si](C)(C)C(C)(C)C)ccc21.COC(=O)c1cc2[nH]nc(-c3cc4cc(CO[Si](C)(C)C(C)(C)C)ccc4[nH]3)c2s1.COC(=O)c1cc2[nH]nc(-c3cc4cc(CO[Si](C)(C)C(C)(C)C)ccc4n3C(=O)OC(C)(C)C)c2s1.COC(=O)c1cc2n[nH]c(I)c2s1.O=C(O)c1cc2[nH]nc(-c3cc4cc(CO)ccc4[nH]3)c2s1. The van der Waals surface area contributed by atoms with Gasteiger partial charge in [-0.05, 0) is 238 Å². The van der Waals surface area contributed by atoms with Crippen molar-refractivity contribution in [2.75, 3.05) is 21.3 Å². The molecule has 30 nitrogen and oxygen atoms in total. The zero-order valence-corrected chi connectivity index (χ0v) is 85.6. The molecule has 704 valence electrons. The third-order valence-electron chi connectivity index (χ3n) is 23.0. The Balaban J connectivity index is 0.000000175. The number of halogens is 1. The molecule has 12 heterocycles. The minimum absolute atomic E-state index is 0. The lowest BCUT2D eigenvalue weighted by molar-refractivity contribution is 0.0536. The summed E-state index contributed by atoms with van der Waals surface area (Å²) >= 11 is 7.38. The molecule has 16 aromatic rings. The van der Waals surface area contributed by atoms with Crippen molar-refractivity contribution in [2.45, 2.75) is 211 Å². The van der Waals surface area contributed by atoms with E-state index in [0.717, 1.165) is 105 Å². The van der Waals surface area contributed by atoms with Gasteiger partial charge in [0.25, 0.3) is 0 Å². The number of benzene rings is 4. The van der Waals surface area contributed by atoms with Crippen molar-refractivity contribution in [3.63, 3.8) is 0 Å². The molecule has 0 bridgehead atoms. The number of thiophene rings is 4. The number of carboxylic acids is 1. The molecular formula is C93H118BIN12O18S4Si3. The number of H-pyrrole nitrogens is 6. The number of aromatic amines is 6. The van der Waals surface area contributed by atoms with Gasteiger partial charge in [0.15, 0.2) is 25.0 Å². The van der Waals surface area contributed by atoms with Crippen molar-refractivity contribution in [1.29, 1.82) is 0 Å². The highest BCUT2D eigenvalue weighted by Crippen LogP contribution is 2.44. The van der Waals surface area contributed by atoms with Crippen LogP contribution in [0.15, 0.2) is 121 Å². The van der Waals surface area contributed by atoms with E-state index in [1.54, 1.807) is 61.7 Å². The number of aliphatic hydroxyl groups excluding tert-OH is 1. The van der Waals surface area contributed by atoms with E-state index in [4.69, 9.17) is 37.3 Å². The molecule has 132 heavy (non-hydrogen) atoms. The second-order valence-electron chi connectivity index (χ2n) is 37.8. The fourth-order valence-electron chi connectivity index (χ4n) is 12.8. The number of aromatic carboxylic acids is 1. The van der Waals surface area contributed by atoms with E-state index < -0.39 is 67.4 Å². The number of esters is 3. The van der Waals surface area contributed by atoms with Gasteiger partial charge in [-0.3, -0.25) is 25.0 Å². The number of carbonyl (C=O) groups excluding carboxylic acids is 5. The van der Waals surface area contributed by atoms with Gasteiger partial charge in [0.1, 0.15) is 57.0 Å². The summed E-state index contributed by atoms with van der Waals surface area (Å²) in [6.07, 6.45) is -1.14. The van der Waals surface area contributed by atoms with Crippen LogP contribution < -0.4 is 5.59 Å². The lowest BCUT2D eigenvalue weighted by Crippen LogP contribution is -2.41. The summed E-state index contributed by atoms with van der Waals surface area (Å²) in [5.41, 5.74) is 13.4. The maximum atomic E-state index is 13.4. The predicted molar refractivity (Wildman–Crippen MR) is 545 cm³/mol. The van der Waals surface area contributed by atoms with E-state index in [-0.39, 0.29) is 59.0 Å². The number of aliphatic hydroxyl groups is 1. The Morgan fingerprint density at radius 1 is 0.424 bits per heavy atom. The largest absolute Gasteiger partial charge is 0.506 e. The normalized spacial score (nSPS) is 12.2. The number of rotatable bonds is 18.